The number of carbonyl (C=O) groups excluding carboxylic acids is 2. The Hall–Kier alpha value is -1.92. The van der Waals surface area contributed by atoms with Crippen LogP contribution >= 0.6 is 0 Å². The van der Waals surface area contributed by atoms with E-state index in [0.29, 0.717) is 24.4 Å². The Morgan fingerprint density at radius 3 is 2.48 bits per heavy atom. The smallest absolute Gasteiger partial charge is 0.337 e. The van der Waals surface area contributed by atoms with E-state index < -0.39 is 0 Å². The second-order valence-corrected chi connectivity index (χ2v) is 6.93. The van der Waals surface area contributed by atoms with Gasteiger partial charge in [0.25, 0.3) is 0 Å². The number of benzene rings is 1. The Morgan fingerprint density at radius 2 is 1.84 bits per heavy atom. The van der Waals surface area contributed by atoms with Gasteiger partial charge in [0.15, 0.2) is 0 Å². The zero-order valence-corrected chi connectivity index (χ0v) is 14.7. The summed E-state index contributed by atoms with van der Waals surface area (Å²) in [6.45, 7) is 0.592. The third kappa shape index (κ3) is 3.70. The zero-order chi connectivity index (χ0) is 18.0. The maximum absolute atomic E-state index is 12.2. The molecule has 6 nitrogen and oxygen atoms in total. The van der Waals surface area contributed by atoms with Gasteiger partial charge in [0.2, 0.25) is 0 Å². The molecule has 0 aromatic heterocycles. The highest BCUT2D eigenvalue weighted by Gasteiger charge is 2.47. The number of nitrogens with zero attached hydrogens (tertiary/aromatic N) is 1. The minimum absolute atomic E-state index is 0.188. The lowest BCUT2D eigenvalue weighted by Gasteiger charge is -2.35. The summed E-state index contributed by atoms with van der Waals surface area (Å²) >= 11 is 0. The number of rotatable bonds is 4. The molecule has 0 spiro atoms. The molecule has 136 valence electrons. The van der Waals surface area contributed by atoms with Crippen LogP contribution in [-0.4, -0.2) is 54.4 Å². The molecule has 1 heterocycles. The average molecular weight is 347 g/mol. The third-order valence-electron chi connectivity index (χ3n) is 5.49. The summed E-state index contributed by atoms with van der Waals surface area (Å²) in [7, 11) is 2.78. The number of methoxy groups -OCH3 is 2. The van der Waals surface area contributed by atoms with Gasteiger partial charge in [0.1, 0.15) is 6.04 Å². The van der Waals surface area contributed by atoms with Crippen molar-refractivity contribution >= 4 is 11.9 Å². The minimum atomic E-state index is -0.365. The van der Waals surface area contributed by atoms with Gasteiger partial charge in [-0.15, -0.1) is 0 Å². The number of aliphatic hydroxyl groups excluding tert-OH is 1. The number of carbonyl (C=O) groups is 2. The maximum Gasteiger partial charge on any atom is 0.337 e. The Balaban J connectivity index is 1.79. The van der Waals surface area contributed by atoms with Crippen molar-refractivity contribution in [3.05, 3.63) is 35.4 Å². The first-order chi connectivity index (χ1) is 12.0. The topological polar surface area (TPSA) is 76.1 Å². The van der Waals surface area contributed by atoms with Crippen LogP contribution in [0.1, 0.15) is 41.6 Å². The highest BCUT2D eigenvalue weighted by molar-refractivity contribution is 5.89. The Morgan fingerprint density at radius 1 is 1.12 bits per heavy atom. The first kappa shape index (κ1) is 17.9. The predicted molar refractivity (Wildman–Crippen MR) is 90.9 cm³/mol. The second-order valence-electron chi connectivity index (χ2n) is 6.93. The van der Waals surface area contributed by atoms with Crippen LogP contribution in [0, 0.1) is 5.92 Å². The predicted octanol–water partition coefficient (Wildman–Crippen LogP) is 1.75. The summed E-state index contributed by atoms with van der Waals surface area (Å²) in [5.41, 5.74) is 1.52. The molecule has 3 rings (SSSR count). The van der Waals surface area contributed by atoms with Crippen LogP contribution in [0.4, 0.5) is 0 Å². The molecule has 2 aliphatic rings. The number of hydrogen-bond donors (Lipinski definition) is 1. The van der Waals surface area contributed by atoms with Gasteiger partial charge in [-0.3, -0.25) is 9.69 Å². The Kier molecular flexibility index (Phi) is 5.39. The van der Waals surface area contributed by atoms with E-state index in [1.165, 1.54) is 14.2 Å². The fourth-order valence-electron chi connectivity index (χ4n) is 4.19. The van der Waals surface area contributed by atoms with Gasteiger partial charge in [-0.25, -0.2) is 4.79 Å². The lowest BCUT2D eigenvalue weighted by Crippen LogP contribution is -2.44. The van der Waals surface area contributed by atoms with Crippen molar-refractivity contribution in [3.8, 4) is 0 Å². The normalized spacial score (nSPS) is 29.1. The molecule has 4 atom stereocenters. The van der Waals surface area contributed by atoms with E-state index in [4.69, 9.17) is 9.47 Å². The minimum Gasteiger partial charge on any atom is -0.468 e. The lowest BCUT2D eigenvalue weighted by molar-refractivity contribution is -0.146. The number of fused-ring (bicyclic) bond motifs is 1. The Bertz CT molecular complexity index is 629. The zero-order valence-electron chi connectivity index (χ0n) is 14.7. The van der Waals surface area contributed by atoms with Gasteiger partial charge in [0.05, 0.1) is 25.9 Å². The molecule has 1 N–H and O–H groups in total. The fourth-order valence-corrected chi connectivity index (χ4v) is 4.19. The van der Waals surface area contributed by atoms with Crippen molar-refractivity contribution in [2.45, 2.75) is 50.4 Å². The number of hydrogen-bond acceptors (Lipinski definition) is 6. The van der Waals surface area contributed by atoms with Gasteiger partial charge in [-0.2, -0.15) is 0 Å². The summed E-state index contributed by atoms with van der Waals surface area (Å²) in [4.78, 5) is 25.9. The number of likely N-dealkylation sites (tertiary alicyclic amines) is 1. The largest absolute Gasteiger partial charge is 0.468 e. The van der Waals surface area contributed by atoms with Crippen molar-refractivity contribution in [2.24, 2.45) is 5.92 Å². The SMILES string of the molecule is COC(=O)c1ccc(CN2[C@@H]3C[C@@H](O)CC[C@@H]3C[C@H]2C(=O)OC)cc1. The van der Waals surface area contributed by atoms with Crippen LogP contribution in [-0.2, 0) is 20.8 Å². The van der Waals surface area contributed by atoms with Crippen molar-refractivity contribution < 1.29 is 24.2 Å². The summed E-state index contributed by atoms with van der Waals surface area (Å²) in [5.74, 6) is -0.160. The molecule has 1 aromatic rings. The lowest BCUT2D eigenvalue weighted by atomic mass is 9.83. The molecule has 2 fully saturated rings. The Labute approximate surface area is 147 Å². The summed E-state index contributed by atoms with van der Waals surface area (Å²) in [6, 6.07) is 7.15. The number of ether oxygens (including phenoxy) is 2. The van der Waals surface area contributed by atoms with Crippen molar-refractivity contribution in [2.75, 3.05) is 14.2 Å². The maximum atomic E-state index is 12.2. The second kappa shape index (κ2) is 7.54. The molecule has 25 heavy (non-hydrogen) atoms. The van der Waals surface area contributed by atoms with Crippen LogP contribution in [0.25, 0.3) is 0 Å². The average Bonchev–Trinajstić information content (AvgIpc) is 2.98. The van der Waals surface area contributed by atoms with Crippen molar-refractivity contribution in [3.63, 3.8) is 0 Å². The van der Waals surface area contributed by atoms with E-state index in [1.807, 2.05) is 12.1 Å². The van der Waals surface area contributed by atoms with Crippen LogP contribution < -0.4 is 0 Å². The first-order valence-corrected chi connectivity index (χ1v) is 8.72. The van der Waals surface area contributed by atoms with Crippen molar-refractivity contribution in [1.82, 2.24) is 4.90 Å². The van der Waals surface area contributed by atoms with E-state index in [-0.39, 0.29) is 30.1 Å². The molecular weight excluding hydrogens is 322 g/mol. The quantitative estimate of drug-likeness (QED) is 0.837. The molecule has 0 radical (unpaired) electrons. The summed E-state index contributed by atoms with van der Waals surface area (Å²) in [6.07, 6.45) is 2.91. The molecule has 1 aliphatic heterocycles. The van der Waals surface area contributed by atoms with Crippen LogP contribution in [0.3, 0.4) is 0 Å². The van der Waals surface area contributed by atoms with E-state index in [2.05, 4.69) is 4.90 Å². The highest BCUT2D eigenvalue weighted by Crippen LogP contribution is 2.41. The molecule has 0 bridgehead atoms. The monoisotopic (exact) mass is 347 g/mol. The molecular formula is C19H25NO5. The summed E-state index contributed by atoms with van der Waals surface area (Å²) in [5, 5.41) is 10.1. The number of aliphatic hydroxyl groups is 1. The number of esters is 2. The molecule has 0 amide bonds. The standard InChI is InChI=1S/C19H25NO5/c1-24-18(22)13-5-3-12(4-6-13)11-20-16-10-15(21)8-7-14(16)9-17(20)19(23)25-2/h3-6,14-17,21H,7-11H2,1-2H3/t14-,15+,16-,17+/m1/s1. The molecule has 6 heteroatoms. The van der Waals surface area contributed by atoms with E-state index >= 15 is 0 Å². The molecule has 0 unspecified atom stereocenters. The van der Waals surface area contributed by atoms with Gasteiger partial charge in [-0.05, 0) is 49.3 Å². The molecule has 1 saturated heterocycles. The van der Waals surface area contributed by atoms with E-state index in [1.54, 1.807) is 12.1 Å². The van der Waals surface area contributed by atoms with Gasteiger partial charge < -0.3 is 14.6 Å². The van der Waals surface area contributed by atoms with Crippen LogP contribution in [0.15, 0.2) is 24.3 Å². The van der Waals surface area contributed by atoms with E-state index in [9.17, 15) is 14.7 Å². The molecule has 1 aliphatic carbocycles. The molecule has 1 aromatic carbocycles. The van der Waals surface area contributed by atoms with E-state index in [0.717, 1.165) is 24.8 Å². The van der Waals surface area contributed by atoms with Crippen LogP contribution in [0.2, 0.25) is 0 Å². The third-order valence-corrected chi connectivity index (χ3v) is 5.49. The molecule has 1 saturated carbocycles. The van der Waals surface area contributed by atoms with Crippen LogP contribution in [0.5, 0.6) is 0 Å². The first-order valence-electron chi connectivity index (χ1n) is 8.72. The fraction of sp³-hybridized carbons (Fsp3) is 0.579. The summed E-state index contributed by atoms with van der Waals surface area (Å²) < 4.78 is 9.71. The highest BCUT2D eigenvalue weighted by atomic mass is 16.5. The van der Waals surface area contributed by atoms with Crippen molar-refractivity contribution in [1.29, 1.82) is 0 Å². The van der Waals surface area contributed by atoms with Gasteiger partial charge >= 0.3 is 11.9 Å². The van der Waals surface area contributed by atoms with Gasteiger partial charge in [0, 0.05) is 12.6 Å². The van der Waals surface area contributed by atoms with Gasteiger partial charge in [-0.1, -0.05) is 12.1 Å².